The van der Waals surface area contributed by atoms with Crippen molar-refractivity contribution in [2.24, 2.45) is 0 Å². The summed E-state index contributed by atoms with van der Waals surface area (Å²) in [5, 5.41) is 1.49. The van der Waals surface area contributed by atoms with E-state index in [1.807, 2.05) is 12.1 Å². The van der Waals surface area contributed by atoms with Crippen LogP contribution in [0.4, 0.5) is 0 Å². The SMILES string of the molecule is CN1CCC(c2cc(Cl)cc(Cl)c2)CC1. The topological polar surface area (TPSA) is 3.24 Å². The smallest absolute Gasteiger partial charge is 0.0423 e. The van der Waals surface area contributed by atoms with Crippen LogP contribution in [0, 0.1) is 0 Å². The highest BCUT2D eigenvalue weighted by Gasteiger charge is 2.18. The molecule has 1 saturated heterocycles. The summed E-state index contributed by atoms with van der Waals surface area (Å²) in [4.78, 5) is 2.36. The lowest BCUT2D eigenvalue weighted by Gasteiger charge is -2.29. The van der Waals surface area contributed by atoms with E-state index in [4.69, 9.17) is 23.2 Å². The molecule has 1 aliphatic heterocycles. The summed E-state index contributed by atoms with van der Waals surface area (Å²) in [5.74, 6) is 0.623. The van der Waals surface area contributed by atoms with E-state index in [-0.39, 0.29) is 0 Å². The van der Waals surface area contributed by atoms with Crippen LogP contribution in [0.25, 0.3) is 0 Å². The van der Waals surface area contributed by atoms with Crippen LogP contribution in [0.2, 0.25) is 10.0 Å². The average Bonchev–Trinajstić information content (AvgIpc) is 2.17. The van der Waals surface area contributed by atoms with Crippen molar-refractivity contribution in [3.8, 4) is 0 Å². The fourth-order valence-corrected chi connectivity index (χ4v) is 2.70. The lowest BCUT2D eigenvalue weighted by atomic mass is 9.90. The molecule has 1 fully saturated rings. The predicted molar refractivity (Wildman–Crippen MR) is 65.9 cm³/mol. The van der Waals surface area contributed by atoms with Crippen molar-refractivity contribution in [3.05, 3.63) is 33.8 Å². The van der Waals surface area contributed by atoms with Gasteiger partial charge in [-0.05, 0) is 62.7 Å². The first-order valence-corrected chi connectivity index (χ1v) is 6.05. The summed E-state index contributed by atoms with van der Waals surface area (Å²) >= 11 is 12.0. The van der Waals surface area contributed by atoms with Gasteiger partial charge in [0.25, 0.3) is 0 Å². The second kappa shape index (κ2) is 4.73. The Labute approximate surface area is 101 Å². The zero-order chi connectivity index (χ0) is 10.8. The Balaban J connectivity index is 2.15. The van der Waals surface area contributed by atoms with E-state index >= 15 is 0 Å². The zero-order valence-corrected chi connectivity index (χ0v) is 10.4. The first-order valence-electron chi connectivity index (χ1n) is 5.29. The van der Waals surface area contributed by atoms with Gasteiger partial charge in [-0.2, -0.15) is 0 Å². The van der Waals surface area contributed by atoms with E-state index in [9.17, 15) is 0 Å². The summed E-state index contributed by atoms with van der Waals surface area (Å²) in [6.45, 7) is 2.32. The number of rotatable bonds is 1. The minimum atomic E-state index is 0.623. The maximum absolute atomic E-state index is 6.00. The minimum Gasteiger partial charge on any atom is -0.306 e. The van der Waals surface area contributed by atoms with Crippen LogP contribution in [0.5, 0.6) is 0 Å². The molecular weight excluding hydrogens is 229 g/mol. The number of benzene rings is 1. The molecule has 1 aliphatic rings. The Morgan fingerprint density at radius 2 is 1.60 bits per heavy atom. The van der Waals surface area contributed by atoms with Crippen molar-refractivity contribution in [2.45, 2.75) is 18.8 Å². The molecule has 0 aromatic heterocycles. The molecular formula is C12H15Cl2N. The lowest BCUT2D eigenvalue weighted by molar-refractivity contribution is 0.255. The summed E-state index contributed by atoms with van der Waals surface area (Å²) in [7, 11) is 2.17. The molecule has 0 amide bonds. The van der Waals surface area contributed by atoms with Crippen LogP contribution in [0.3, 0.4) is 0 Å². The highest BCUT2D eigenvalue weighted by molar-refractivity contribution is 6.34. The van der Waals surface area contributed by atoms with E-state index in [2.05, 4.69) is 11.9 Å². The van der Waals surface area contributed by atoms with Gasteiger partial charge < -0.3 is 4.90 Å². The second-order valence-electron chi connectivity index (χ2n) is 4.28. The van der Waals surface area contributed by atoms with Crippen molar-refractivity contribution < 1.29 is 0 Å². The van der Waals surface area contributed by atoms with Gasteiger partial charge in [-0.1, -0.05) is 23.2 Å². The third-order valence-electron chi connectivity index (χ3n) is 3.07. The molecule has 0 bridgehead atoms. The highest BCUT2D eigenvalue weighted by Crippen LogP contribution is 2.31. The van der Waals surface area contributed by atoms with Crippen molar-refractivity contribution in [1.82, 2.24) is 4.90 Å². The third kappa shape index (κ3) is 2.87. The molecule has 15 heavy (non-hydrogen) atoms. The van der Waals surface area contributed by atoms with Crippen molar-refractivity contribution in [2.75, 3.05) is 20.1 Å². The molecule has 0 N–H and O–H groups in total. The van der Waals surface area contributed by atoms with Crippen LogP contribution in [0.1, 0.15) is 24.3 Å². The quantitative estimate of drug-likeness (QED) is 0.726. The number of likely N-dealkylation sites (tertiary alicyclic amines) is 1. The van der Waals surface area contributed by atoms with Gasteiger partial charge in [0.15, 0.2) is 0 Å². The van der Waals surface area contributed by atoms with Crippen LogP contribution < -0.4 is 0 Å². The Bertz CT molecular complexity index is 323. The third-order valence-corrected chi connectivity index (χ3v) is 3.51. The maximum atomic E-state index is 6.00. The van der Waals surface area contributed by atoms with Gasteiger partial charge in [0.1, 0.15) is 0 Å². The lowest BCUT2D eigenvalue weighted by Crippen LogP contribution is -2.29. The van der Waals surface area contributed by atoms with Gasteiger partial charge in [0.05, 0.1) is 0 Å². The monoisotopic (exact) mass is 243 g/mol. The van der Waals surface area contributed by atoms with Gasteiger partial charge >= 0.3 is 0 Å². The molecule has 0 saturated carbocycles. The standard InChI is InChI=1S/C12H15Cl2N/c1-15-4-2-9(3-5-15)10-6-11(13)8-12(14)7-10/h6-9H,2-5H2,1H3. The first kappa shape index (κ1) is 11.3. The van der Waals surface area contributed by atoms with Gasteiger partial charge in [0, 0.05) is 10.0 Å². The second-order valence-corrected chi connectivity index (χ2v) is 5.15. The average molecular weight is 244 g/mol. The largest absolute Gasteiger partial charge is 0.306 e. The summed E-state index contributed by atoms with van der Waals surface area (Å²) in [6, 6.07) is 5.88. The van der Waals surface area contributed by atoms with Crippen molar-refractivity contribution in [3.63, 3.8) is 0 Å². The summed E-state index contributed by atoms with van der Waals surface area (Å²) < 4.78 is 0. The predicted octanol–water partition coefficient (Wildman–Crippen LogP) is 3.80. The van der Waals surface area contributed by atoms with Gasteiger partial charge in [-0.15, -0.1) is 0 Å². The first-order chi connectivity index (χ1) is 7.15. The number of hydrogen-bond acceptors (Lipinski definition) is 1. The molecule has 1 heterocycles. The van der Waals surface area contributed by atoms with Crippen molar-refractivity contribution in [1.29, 1.82) is 0 Å². The van der Waals surface area contributed by atoms with Gasteiger partial charge in [0.2, 0.25) is 0 Å². The molecule has 0 aliphatic carbocycles. The number of piperidine rings is 1. The summed E-state index contributed by atoms with van der Waals surface area (Å²) in [5.41, 5.74) is 1.29. The van der Waals surface area contributed by atoms with E-state index in [0.717, 1.165) is 23.1 Å². The Morgan fingerprint density at radius 1 is 1.07 bits per heavy atom. The highest BCUT2D eigenvalue weighted by atomic mass is 35.5. The van der Waals surface area contributed by atoms with Crippen LogP contribution in [-0.2, 0) is 0 Å². The van der Waals surface area contributed by atoms with E-state index in [1.165, 1.54) is 18.4 Å². The van der Waals surface area contributed by atoms with Crippen LogP contribution in [0.15, 0.2) is 18.2 Å². The number of halogens is 2. The van der Waals surface area contributed by atoms with Crippen LogP contribution in [-0.4, -0.2) is 25.0 Å². The fourth-order valence-electron chi connectivity index (χ4n) is 2.15. The van der Waals surface area contributed by atoms with E-state index in [1.54, 1.807) is 6.07 Å². The summed E-state index contributed by atoms with van der Waals surface area (Å²) in [6.07, 6.45) is 2.40. The molecule has 1 nitrogen and oxygen atoms in total. The molecule has 82 valence electrons. The van der Waals surface area contributed by atoms with E-state index < -0.39 is 0 Å². The molecule has 0 spiro atoms. The number of hydrogen-bond donors (Lipinski definition) is 0. The molecule has 0 unspecified atom stereocenters. The number of nitrogens with zero attached hydrogens (tertiary/aromatic N) is 1. The molecule has 0 radical (unpaired) electrons. The maximum Gasteiger partial charge on any atom is 0.0423 e. The molecule has 3 heteroatoms. The zero-order valence-electron chi connectivity index (χ0n) is 8.84. The molecule has 1 aromatic rings. The molecule has 2 rings (SSSR count). The normalized spacial score (nSPS) is 19.4. The van der Waals surface area contributed by atoms with Gasteiger partial charge in [-0.3, -0.25) is 0 Å². The Hall–Kier alpha value is -0.240. The Kier molecular flexibility index (Phi) is 3.55. The van der Waals surface area contributed by atoms with Crippen molar-refractivity contribution >= 4 is 23.2 Å². The minimum absolute atomic E-state index is 0.623. The van der Waals surface area contributed by atoms with E-state index in [0.29, 0.717) is 5.92 Å². The Morgan fingerprint density at radius 3 is 2.13 bits per heavy atom. The molecule has 1 aromatic carbocycles. The van der Waals surface area contributed by atoms with Gasteiger partial charge in [-0.25, -0.2) is 0 Å². The fraction of sp³-hybridized carbons (Fsp3) is 0.500. The van der Waals surface area contributed by atoms with Crippen LogP contribution >= 0.6 is 23.2 Å². The molecule has 0 atom stereocenters.